The molecule has 0 aromatic heterocycles. The average Bonchev–Trinajstić information content (AvgIpc) is 2.46. The smallest absolute Gasteiger partial charge is 0.291 e. The van der Waals surface area contributed by atoms with Gasteiger partial charge in [0, 0.05) is 31.7 Å². The first-order valence-corrected chi connectivity index (χ1v) is 8.68. The Bertz CT molecular complexity index is 835. The van der Waals surface area contributed by atoms with E-state index in [2.05, 4.69) is 31.9 Å². The molecule has 0 fully saturated rings. The van der Waals surface area contributed by atoms with Gasteiger partial charge in [0.2, 0.25) is 6.10 Å². The van der Waals surface area contributed by atoms with Gasteiger partial charge in [0.15, 0.2) is 0 Å². The van der Waals surface area contributed by atoms with Gasteiger partial charge in [-0.1, -0.05) is 45.2 Å². The van der Waals surface area contributed by atoms with E-state index in [-0.39, 0.29) is 5.70 Å². The summed E-state index contributed by atoms with van der Waals surface area (Å²) in [5.41, 5.74) is 0.842. The molecule has 0 N–H and O–H groups in total. The third-order valence-electron chi connectivity index (χ3n) is 3.32. The molecule has 4 nitrogen and oxygen atoms in total. The molecule has 0 saturated heterocycles. The highest BCUT2D eigenvalue weighted by atomic mass is 79.9. The highest BCUT2D eigenvalue weighted by molar-refractivity contribution is 9.11. The van der Waals surface area contributed by atoms with E-state index in [1.54, 1.807) is 30.3 Å². The van der Waals surface area contributed by atoms with Gasteiger partial charge in [-0.3, -0.25) is 10.1 Å². The third kappa shape index (κ3) is 3.13. The number of halogens is 4. The fraction of sp³-hybridized carbons (Fsp3) is 0.0667. The molecule has 0 bridgehead atoms. The molecular formula is C15H7Br2Cl2NO3. The molecule has 3 rings (SSSR count). The van der Waals surface area contributed by atoms with Crippen molar-refractivity contribution in [2.75, 3.05) is 0 Å². The zero-order valence-electron chi connectivity index (χ0n) is 11.2. The summed E-state index contributed by atoms with van der Waals surface area (Å²) in [6, 6.07) is 8.46. The lowest BCUT2D eigenvalue weighted by molar-refractivity contribution is -0.434. The summed E-state index contributed by atoms with van der Waals surface area (Å²) < 4.78 is 7.35. The number of fused-ring (bicyclic) bond motifs is 1. The van der Waals surface area contributed by atoms with Gasteiger partial charge in [0.05, 0.1) is 9.40 Å². The van der Waals surface area contributed by atoms with Gasteiger partial charge in [-0.25, -0.2) is 0 Å². The topological polar surface area (TPSA) is 52.4 Å². The van der Waals surface area contributed by atoms with E-state index in [1.165, 1.54) is 6.08 Å². The summed E-state index contributed by atoms with van der Waals surface area (Å²) in [4.78, 5) is 11.0. The summed E-state index contributed by atoms with van der Waals surface area (Å²) in [6.45, 7) is 0. The minimum Gasteiger partial charge on any atom is -0.472 e. The van der Waals surface area contributed by atoms with Gasteiger partial charge in [0.25, 0.3) is 5.70 Å². The van der Waals surface area contributed by atoms with Crippen LogP contribution in [-0.2, 0) is 0 Å². The standard InChI is InChI=1S/C15H7Br2Cl2NO3/c16-8-4-7-5-12(20(21)22)15(23-14(7)9(17)6-8)13-10(18)2-1-3-11(13)19/h1-6,15H/t15-/m1/s1. The van der Waals surface area contributed by atoms with Crippen LogP contribution >= 0.6 is 55.1 Å². The Morgan fingerprint density at radius 1 is 1.17 bits per heavy atom. The van der Waals surface area contributed by atoms with Gasteiger partial charge in [0.1, 0.15) is 5.75 Å². The number of hydrogen-bond donors (Lipinski definition) is 0. The number of hydrogen-bond acceptors (Lipinski definition) is 3. The predicted molar refractivity (Wildman–Crippen MR) is 96.6 cm³/mol. The Hall–Kier alpha value is -1.08. The van der Waals surface area contributed by atoms with Crippen LogP contribution < -0.4 is 4.74 Å². The van der Waals surface area contributed by atoms with Gasteiger partial charge in [-0.15, -0.1) is 0 Å². The average molecular weight is 480 g/mol. The van der Waals surface area contributed by atoms with Crippen LogP contribution in [0.25, 0.3) is 6.08 Å². The zero-order chi connectivity index (χ0) is 16.7. The lowest BCUT2D eigenvalue weighted by atomic mass is 10.0. The van der Waals surface area contributed by atoms with Crippen LogP contribution in [0.15, 0.2) is 45.0 Å². The highest BCUT2D eigenvalue weighted by Gasteiger charge is 2.36. The van der Waals surface area contributed by atoms with Gasteiger partial charge in [-0.2, -0.15) is 0 Å². The lowest BCUT2D eigenvalue weighted by Crippen LogP contribution is -2.20. The SMILES string of the molecule is O=[N+]([O-])C1=Cc2cc(Br)cc(Br)c2O[C@H]1c1c(Cl)cccc1Cl. The van der Waals surface area contributed by atoms with Crippen molar-refractivity contribution < 1.29 is 9.66 Å². The maximum absolute atomic E-state index is 11.5. The summed E-state index contributed by atoms with van der Waals surface area (Å²) >= 11 is 19.1. The molecule has 2 aromatic carbocycles. The largest absolute Gasteiger partial charge is 0.472 e. The summed E-state index contributed by atoms with van der Waals surface area (Å²) in [5, 5.41) is 12.1. The van der Waals surface area contributed by atoms with E-state index in [1.807, 2.05) is 0 Å². The van der Waals surface area contributed by atoms with Crippen LogP contribution in [0.3, 0.4) is 0 Å². The highest BCUT2D eigenvalue weighted by Crippen LogP contribution is 2.45. The van der Waals surface area contributed by atoms with Gasteiger partial charge < -0.3 is 4.74 Å². The first-order valence-electron chi connectivity index (χ1n) is 6.34. The fourth-order valence-corrected chi connectivity index (χ4v) is 4.29. The number of nitro groups is 1. The number of benzene rings is 2. The van der Waals surface area contributed by atoms with Crippen molar-refractivity contribution in [1.82, 2.24) is 0 Å². The van der Waals surface area contributed by atoms with Gasteiger partial charge in [-0.05, 0) is 40.2 Å². The Kier molecular flexibility index (Phi) is 4.69. The van der Waals surface area contributed by atoms with Crippen LogP contribution in [0.1, 0.15) is 17.2 Å². The lowest BCUT2D eigenvalue weighted by Gasteiger charge is -2.25. The summed E-state index contributed by atoms with van der Waals surface area (Å²) in [5.74, 6) is 0.500. The summed E-state index contributed by atoms with van der Waals surface area (Å²) in [6.07, 6.45) is 0.481. The minimum absolute atomic E-state index is 0.127. The Morgan fingerprint density at radius 2 is 1.83 bits per heavy atom. The van der Waals surface area contributed by atoms with E-state index in [0.29, 0.717) is 31.4 Å². The third-order valence-corrected chi connectivity index (χ3v) is 5.02. The second-order valence-corrected chi connectivity index (χ2v) is 7.35. The molecule has 1 aliphatic rings. The van der Waals surface area contributed by atoms with Crippen LogP contribution in [-0.4, -0.2) is 4.92 Å². The molecule has 1 atom stereocenters. The second-order valence-electron chi connectivity index (χ2n) is 4.77. The van der Waals surface area contributed by atoms with Crippen molar-refractivity contribution >= 4 is 61.1 Å². The molecule has 1 aliphatic heterocycles. The molecule has 118 valence electrons. The quantitative estimate of drug-likeness (QED) is 0.377. The van der Waals surface area contributed by atoms with Gasteiger partial charge >= 0.3 is 0 Å². The molecule has 8 heteroatoms. The monoisotopic (exact) mass is 477 g/mol. The van der Waals surface area contributed by atoms with E-state index in [0.717, 1.165) is 4.47 Å². The first-order chi connectivity index (χ1) is 10.9. The van der Waals surface area contributed by atoms with Crippen molar-refractivity contribution in [3.05, 3.63) is 76.3 Å². The first kappa shape index (κ1) is 16.8. The Morgan fingerprint density at radius 3 is 2.43 bits per heavy atom. The van der Waals surface area contributed by atoms with Crippen LogP contribution in [0, 0.1) is 10.1 Å². The van der Waals surface area contributed by atoms with Crippen LogP contribution in [0.5, 0.6) is 5.75 Å². The molecule has 1 heterocycles. The van der Waals surface area contributed by atoms with Crippen molar-refractivity contribution in [2.45, 2.75) is 6.10 Å². The fourth-order valence-electron chi connectivity index (χ4n) is 2.34. The molecule has 2 aromatic rings. The second kappa shape index (κ2) is 6.43. The predicted octanol–water partition coefficient (Wildman–Crippen LogP) is 6.27. The normalized spacial score (nSPS) is 16.3. The molecule has 0 radical (unpaired) electrons. The number of ether oxygens (including phenoxy) is 1. The van der Waals surface area contributed by atoms with Crippen molar-refractivity contribution in [1.29, 1.82) is 0 Å². The molecular weight excluding hydrogens is 473 g/mol. The molecule has 23 heavy (non-hydrogen) atoms. The Labute approximate surface area is 158 Å². The number of rotatable bonds is 2. The zero-order valence-corrected chi connectivity index (χ0v) is 15.9. The summed E-state index contributed by atoms with van der Waals surface area (Å²) in [7, 11) is 0. The van der Waals surface area contributed by atoms with Crippen LogP contribution in [0.2, 0.25) is 10.0 Å². The van der Waals surface area contributed by atoms with E-state index < -0.39 is 11.0 Å². The number of nitrogens with zero attached hydrogens (tertiary/aromatic N) is 1. The molecule has 0 saturated carbocycles. The molecule has 0 spiro atoms. The van der Waals surface area contributed by atoms with Crippen molar-refractivity contribution in [2.24, 2.45) is 0 Å². The maximum Gasteiger partial charge on any atom is 0.291 e. The van der Waals surface area contributed by atoms with E-state index in [9.17, 15) is 10.1 Å². The van der Waals surface area contributed by atoms with E-state index in [4.69, 9.17) is 27.9 Å². The molecule has 0 unspecified atom stereocenters. The van der Waals surface area contributed by atoms with E-state index >= 15 is 0 Å². The Balaban J connectivity index is 2.22. The minimum atomic E-state index is -0.990. The van der Waals surface area contributed by atoms with Crippen molar-refractivity contribution in [3.8, 4) is 5.75 Å². The molecule has 0 aliphatic carbocycles. The maximum atomic E-state index is 11.5. The molecule has 0 amide bonds. The van der Waals surface area contributed by atoms with Crippen molar-refractivity contribution in [3.63, 3.8) is 0 Å². The van der Waals surface area contributed by atoms with Crippen LogP contribution in [0.4, 0.5) is 0 Å².